The first-order chi connectivity index (χ1) is 7.82. The van der Waals surface area contributed by atoms with Crippen molar-refractivity contribution in [2.45, 2.75) is 38.8 Å². The van der Waals surface area contributed by atoms with Crippen molar-refractivity contribution in [2.75, 3.05) is 20.2 Å². The lowest BCUT2D eigenvalue weighted by Gasteiger charge is -2.23. The maximum atomic E-state index is 11.3. The molecule has 0 rings (SSSR count). The Labute approximate surface area is 102 Å². The maximum absolute atomic E-state index is 11.3. The van der Waals surface area contributed by atoms with E-state index in [2.05, 4.69) is 15.4 Å². The molecule has 0 aromatic carbocycles. The van der Waals surface area contributed by atoms with Crippen LogP contribution in [0.4, 0.5) is 0 Å². The number of rotatable bonds is 7. The van der Waals surface area contributed by atoms with Gasteiger partial charge in [0, 0.05) is 20.0 Å². The number of esters is 1. The highest BCUT2D eigenvalue weighted by atomic mass is 16.5. The average molecular weight is 246 g/mol. The maximum Gasteiger partial charge on any atom is 0.329 e. The van der Waals surface area contributed by atoms with Crippen molar-refractivity contribution in [1.29, 1.82) is 0 Å². The van der Waals surface area contributed by atoms with E-state index in [0.29, 0.717) is 13.0 Å². The van der Waals surface area contributed by atoms with E-state index >= 15 is 0 Å². The first-order valence-corrected chi connectivity index (χ1v) is 5.60. The molecule has 0 aliphatic rings. The summed E-state index contributed by atoms with van der Waals surface area (Å²) in [6.45, 7) is 5.47. The third-order valence-electron chi connectivity index (χ3n) is 2.48. The highest BCUT2D eigenvalue weighted by Crippen LogP contribution is 2.05. The van der Waals surface area contributed by atoms with Crippen LogP contribution in [0.5, 0.6) is 0 Å². The molecule has 6 heteroatoms. The van der Waals surface area contributed by atoms with E-state index in [1.807, 2.05) is 6.92 Å². The molecule has 17 heavy (non-hydrogen) atoms. The number of carbonyl (C=O) groups excluding carboxylic acids is 2. The van der Waals surface area contributed by atoms with Crippen LogP contribution in [0.3, 0.4) is 0 Å². The van der Waals surface area contributed by atoms with Gasteiger partial charge in [-0.2, -0.15) is 0 Å². The molecule has 0 aromatic rings. The summed E-state index contributed by atoms with van der Waals surface area (Å²) < 4.78 is 4.57. The molecule has 3 N–H and O–H groups in total. The van der Waals surface area contributed by atoms with Gasteiger partial charge < -0.3 is 20.5 Å². The van der Waals surface area contributed by atoms with Gasteiger partial charge >= 0.3 is 5.97 Å². The van der Waals surface area contributed by atoms with Crippen LogP contribution in [-0.4, -0.2) is 48.8 Å². The summed E-state index contributed by atoms with van der Waals surface area (Å²) in [6.07, 6.45) is 0.600. The zero-order valence-corrected chi connectivity index (χ0v) is 10.9. The fourth-order valence-corrected chi connectivity index (χ4v) is 1.19. The number of hydrogen-bond donors (Lipinski definition) is 3. The molecule has 0 spiro atoms. The molecule has 2 atom stereocenters. The Balaban J connectivity index is 4.17. The number of aliphatic hydroxyl groups is 1. The van der Waals surface area contributed by atoms with E-state index in [4.69, 9.17) is 0 Å². The van der Waals surface area contributed by atoms with Gasteiger partial charge in [0.05, 0.1) is 12.7 Å². The van der Waals surface area contributed by atoms with Gasteiger partial charge in [0.15, 0.2) is 0 Å². The molecule has 0 aliphatic carbocycles. The van der Waals surface area contributed by atoms with Crippen LogP contribution in [0.15, 0.2) is 0 Å². The van der Waals surface area contributed by atoms with Crippen LogP contribution in [0.1, 0.15) is 27.2 Å². The molecule has 0 aromatic heterocycles. The zero-order chi connectivity index (χ0) is 13.5. The number of methoxy groups -OCH3 is 1. The Morgan fingerprint density at radius 2 is 2.06 bits per heavy atom. The molecule has 0 saturated carbocycles. The zero-order valence-electron chi connectivity index (χ0n) is 10.9. The lowest BCUT2D eigenvalue weighted by atomic mass is 10.0. The van der Waals surface area contributed by atoms with Gasteiger partial charge in [-0.05, 0) is 13.3 Å². The topological polar surface area (TPSA) is 87.7 Å². The number of ether oxygens (including phenoxy) is 1. The monoisotopic (exact) mass is 246 g/mol. The summed E-state index contributed by atoms with van der Waals surface area (Å²) in [7, 11) is 1.26. The van der Waals surface area contributed by atoms with Crippen molar-refractivity contribution in [3.8, 4) is 0 Å². The molecular weight excluding hydrogens is 224 g/mol. The van der Waals surface area contributed by atoms with Gasteiger partial charge in [-0.3, -0.25) is 4.79 Å². The predicted molar refractivity (Wildman–Crippen MR) is 63.4 cm³/mol. The Morgan fingerprint density at radius 1 is 1.47 bits per heavy atom. The van der Waals surface area contributed by atoms with E-state index in [1.165, 1.54) is 14.0 Å². The third kappa shape index (κ3) is 6.91. The summed E-state index contributed by atoms with van der Waals surface area (Å²) >= 11 is 0. The molecule has 100 valence electrons. The molecular formula is C11H22N2O4. The van der Waals surface area contributed by atoms with Gasteiger partial charge in [-0.15, -0.1) is 0 Å². The molecule has 1 amide bonds. The number of amides is 1. The second-order valence-electron chi connectivity index (χ2n) is 4.26. The molecule has 0 heterocycles. The fraction of sp³-hybridized carbons (Fsp3) is 0.818. The van der Waals surface area contributed by atoms with Crippen LogP contribution in [-0.2, 0) is 14.3 Å². The highest BCUT2D eigenvalue weighted by molar-refractivity contribution is 5.83. The van der Waals surface area contributed by atoms with Crippen molar-refractivity contribution in [2.24, 2.45) is 0 Å². The molecule has 0 radical (unpaired) electrons. The average Bonchev–Trinajstić information content (AvgIpc) is 2.26. The second kappa shape index (κ2) is 7.24. The Bertz CT molecular complexity index is 266. The summed E-state index contributed by atoms with van der Waals surface area (Å²) in [5.74, 6) is -0.812. The smallest absolute Gasteiger partial charge is 0.329 e. The van der Waals surface area contributed by atoms with E-state index in [1.54, 1.807) is 6.92 Å². The van der Waals surface area contributed by atoms with Crippen LogP contribution in [0.25, 0.3) is 0 Å². The summed E-state index contributed by atoms with van der Waals surface area (Å²) in [4.78, 5) is 22.2. The van der Waals surface area contributed by atoms with Crippen LogP contribution >= 0.6 is 0 Å². The summed E-state index contributed by atoms with van der Waals surface area (Å²) in [5.41, 5.74) is -0.823. The van der Waals surface area contributed by atoms with Gasteiger partial charge in [0.1, 0.15) is 6.04 Å². The lowest BCUT2D eigenvalue weighted by molar-refractivity contribution is -0.144. The first-order valence-electron chi connectivity index (χ1n) is 5.60. The Hall–Kier alpha value is -1.14. The quantitative estimate of drug-likeness (QED) is 0.523. The van der Waals surface area contributed by atoms with Crippen molar-refractivity contribution in [3.63, 3.8) is 0 Å². The number of hydrogen-bond acceptors (Lipinski definition) is 5. The predicted octanol–water partition coefficient (Wildman–Crippen LogP) is -0.585. The van der Waals surface area contributed by atoms with Crippen molar-refractivity contribution in [1.82, 2.24) is 10.6 Å². The van der Waals surface area contributed by atoms with Crippen LogP contribution in [0.2, 0.25) is 0 Å². The molecule has 0 aliphatic heterocycles. The minimum Gasteiger partial charge on any atom is -0.467 e. The molecule has 0 saturated heterocycles. The minimum absolute atomic E-state index is 0.225. The Morgan fingerprint density at radius 3 is 2.47 bits per heavy atom. The standard InChI is InChI=1S/C11H22N2O4/c1-5-11(3,16)7-12-6-9(10(15)17-4)13-8(2)14/h9,12,16H,5-7H2,1-4H3,(H,13,14). The second-order valence-corrected chi connectivity index (χ2v) is 4.26. The van der Waals surface area contributed by atoms with Gasteiger partial charge in [-0.1, -0.05) is 6.92 Å². The summed E-state index contributed by atoms with van der Waals surface area (Å²) in [6, 6.07) is -0.731. The van der Waals surface area contributed by atoms with Crippen LogP contribution < -0.4 is 10.6 Å². The van der Waals surface area contributed by atoms with Crippen LogP contribution in [0, 0.1) is 0 Å². The van der Waals surface area contributed by atoms with Gasteiger partial charge in [0.25, 0.3) is 0 Å². The van der Waals surface area contributed by atoms with E-state index in [9.17, 15) is 14.7 Å². The normalized spacial score (nSPS) is 15.8. The SMILES string of the molecule is CCC(C)(O)CNCC(NC(C)=O)C(=O)OC. The lowest BCUT2D eigenvalue weighted by Crippen LogP contribution is -2.49. The first kappa shape index (κ1) is 15.9. The molecule has 6 nitrogen and oxygen atoms in total. The van der Waals surface area contributed by atoms with Crippen molar-refractivity contribution >= 4 is 11.9 Å². The summed E-state index contributed by atoms with van der Waals surface area (Å²) in [5, 5.41) is 15.2. The van der Waals surface area contributed by atoms with E-state index in [-0.39, 0.29) is 12.5 Å². The van der Waals surface area contributed by atoms with Crippen molar-refractivity contribution < 1.29 is 19.4 Å². The minimum atomic E-state index is -0.823. The van der Waals surface area contributed by atoms with Gasteiger partial charge in [0.2, 0.25) is 5.91 Å². The van der Waals surface area contributed by atoms with Gasteiger partial charge in [-0.25, -0.2) is 4.79 Å². The van der Waals surface area contributed by atoms with E-state index < -0.39 is 17.6 Å². The Kier molecular flexibility index (Phi) is 6.75. The fourth-order valence-electron chi connectivity index (χ4n) is 1.19. The van der Waals surface area contributed by atoms with E-state index in [0.717, 1.165) is 0 Å². The molecule has 0 fully saturated rings. The molecule has 2 unspecified atom stereocenters. The van der Waals surface area contributed by atoms with Crippen molar-refractivity contribution in [3.05, 3.63) is 0 Å². The highest BCUT2D eigenvalue weighted by Gasteiger charge is 2.22. The number of nitrogens with one attached hydrogen (secondary N) is 2. The largest absolute Gasteiger partial charge is 0.467 e. The number of carbonyl (C=O) groups is 2. The third-order valence-corrected chi connectivity index (χ3v) is 2.48. The molecule has 0 bridgehead atoms.